The molecule has 1 aromatic rings. The number of likely N-dealkylation sites (tertiary alicyclic amines) is 1. The van der Waals surface area contributed by atoms with E-state index in [4.69, 9.17) is 26.4 Å². The maximum Gasteiger partial charge on any atom is 0.524 e. The quantitative estimate of drug-likeness (QED) is 0.0993. The molecule has 1 aromatic carbocycles. The van der Waals surface area contributed by atoms with Gasteiger partial charge in [0.2, 0.25) is 23.6 Å². The predicted octanol–water partition coefficient (Wildman–Crippen LogP) is -2.19. The van der Waals surface area contributed by atoms with Gasteiger partial charge in [0.25, 0.3) is 0 Å². The molecule has 4 amide bonds. The average molecular weight is 602 g/mol. The van der Waals surface area contributed by atoms with Crippen LogP contribution < -0.4 is 26.6 Å². The highest BCUT2D eigenvalue weighted by atomic mass is 31.2. The number of primary amides is 1. The highest BCUT2D eigenvalue weighted by Gasteiger charge is 2.38. The summed E-state index contributed by atoms with van der Waals surface area (Å²) in [6.45, 7) is 0.147. The van der Waals surface area contributed by atoms with E-state index in [0.29, 0.717) is 12.0 Å². The Balaban J connectivity index is 2.14. The molecule has 1 aliphatic heterocycles. The third-order valence-corrected chi connectivity index (χ3v) is 6.51. The molecule has 2 rings (SSSR count). The lowest BCUT2D eigenvalue weighted by Gasteiger charge is -2.28. The van der Waals surface area contributed by atoms with Gasteiger partial charge in [0.15, 0.2) is 0 Å². The number of carbonyl (C=O) groups excluding carboxylic acids is 4. The molecular weight excluding hydrogens is 569 g/mol. The summed E-state index contributed by atoms with van der Waals surface area (Å²) in [4.78, 5) is 91.8. The summed E-state index contributed by atoms with van der Waals surface area (Å²) >= 11 is 0. The van der Waals surface area contributed by atoms with Crippen molar-refractivity contribution in [3.05, 3.63) is 29.8 Å². The van der Waals surface area contributed by atoms with Gasteiger partial charge in [0, 0.05) is 19.4 Å². The normalized spacial score (nSPS) is 17.1. The fraction of sp³-hybridized carbons (Fsp3) is 0.478. The van der Waals surface area contributed by atoms with Crippen molar-refractivity contribution in [2.45, 2.75) is 62.7 Å². The van der Waals surface area contributed by atoms with Crippen LogP contribution in [0, 0.1) is 0 Å². The standard InChI is InChI=1S/C23H32N5O12P/c24-14(11-18(25)29)22(34)28-9-1-2-17(28)21(33)26-15(7-8-19(30)31)20(32)27-16(23(35)36)10-12-3-5-13(6-4-12)40-41(37,38)39/h3-6,14-17H,1-2,7-11,24H2,(H2,25,29)(H,26,33)(H,27,32)(H,30,31)(H,35,36)(H2,37,38,39). The second-order valence-electron chi connectivity index (χ2n) is 9.29. The second kappa shape index (κ2) is 14.5. The maximum absolute atomic E-state index is 13.1. The first kappa shape index (κ1) is 33.2. The summed E-state index contributed by atoms with van der Waals surface area (Å²) in [6, 6.07) is -0.319. The van der Waals surface area contributed by atoms with Crippen molar-refractivity contribution < 1.29 is 57.9 Å². The Labute approximate surface area is 233 Å². The Morgan fingerprint density at radius 3 is 2.22 bits per heavy atom. The molecule has 1 aliphatic rings. The molecule has 18 heteroatoms. The molecule has 17 nitrogen and oxygen atoms in total. The van der Waals surface area contributed by atoms with Crippen LogP contribution in [0.15, 0.2) is 24.3 Å². The minimum atomic E-state index is -4.80. The van der Waals surface area contributed by atoms with E-state index >= 15 is 0 Å². The molecule has 0 aliphatic carbocycles. The molecular formula is C23H32N5O12P. The van der Waals surface area contributed by atoms with Gasteiger partial charge in [-0.3, -0.25) is 33.8 Å². The first-order valence-electron chi connectivity index (χ1n) is 12.3. The lowest BCUT2D eigenvalue weighted by atomic mass is 10.0. The largest absolute Gasteiger partial charge is 0.524 e. The third kappa shape index (κ3) is 10.8. The molecule has 10 N–H and O–H groups in total. The van der Waals surface area contributed by atoms with Gasteiger partial charge < -0.3 is 41.7 Å². The monoisotopic (exact) mass is 601 g/mol. The van der Waals surface area contributed by atoms with Crippen molar-refractivity contribution in [2.24, 2.45) is 11.5 Å². The number of hydrogen-bond acceptors (Lipinski definition) is 9. The molecule has 0 spiro atoms. The van der Waals surface area contributed by atoms with E-state index in [0.717, 1.165) is 4.90 Å². The van der Waals surface area contributed by atoms with Crippen LogP contribution in [0.5, 0.6) is 5.75 Å². The lowest BCUT2D eigenvalue weighted by molar-refractivity contribution is -0.143. The fourth-order valence-corrected chi connectivity index (χ4v) is 4.55. The van der Waals surface area contributed by atoms with E-state index < -0.39 is 86.8 Å². The number of aliphatic carboxylic acids is 2. The number of phosphoric ester groups is 1. The number of carboxylic acid groups (broad SMARTS) is 2. The van der Waals surface area contributed by atoms with Crippen molar-refractivity contribution in [2.75, 3.05) is 6.54 Å². The summed E-state index contributed by atoms with van der Waals surface area (Å²) in [7, 11) is -4.80. The van der Waals surface area contributed by atoms with Gasteiger partial charge in [-0.2, -0.15) is 0 Å². The number of carbonyl (C=O) groups is 6. The molecule has 1 saturated heterocycles. The van der Waals surface area contributed by atoms with Crippen LogP contribution in [0.2, 0.25) is 0 Å². The molecule has 4 unspecified atom stereocenters. The first-order chi connectivity index (χ1) is 19.1. The van der Waals surface area contributed by atoms with E-state index in [-0.39, 0.29) is 25.1 Å². The molecule has 1 fully saturated rings. The zero-order valence-corrected chi connectivity index (χ0v) is 22.6. The lowest BCUT2D eigenvalue weighted by Crippen LogP contribution is -2.57. The second-order valence-corrected chi connectivity index (χ2v) is 10.5. The molecule has 0 saturated carbocycles. The fourth-order valence-electron chi connectivity index (χ4n) is 4.16. The van der Waals surface area contributed by atoms with Gasteiger partial charge >= 0.3 is 19.8 Å². The highest BCUT2D eigenvalue weighted by Crippen LogP contribution is 2.37. The zero-order chi connectivity index (χ0) is 30.9. The number of carboxylic acids is 2. The molecule has 0 radical (unpaired) electrons. The maximum atomic E-state index is 13.1. The molecule has 41 heavy (non-hydrogen) atoms. The predicted molar refractivity (Wildman–Crippen MR) is 138 cm³/mol. The van der Waals surface area contributed by atoms with E-state index in [2.05, 4.69) is 15.2 Å². The number of rotatable bonds is 15. The van der Waals surface area contributed by atoms with Gasteiger partial charge in [-0.1, -0.05) is 12.1 Å². The van der Waals surface area contributed by atoms with E-state index in [9.17, 15) is 38.4 Å². The Morgan fingerprint density at radius 1 is 1.05 bits per heavy atom. The summed E-state index contributed by atoms with van der Waals surface area (Å²) in [5.74, 6) is -6.20. The average Bonchev–Trinajstić information content (AvgIpc) is 3.35. The summed E-state index contributed by atoms with van der Waals surface area (Å²) in [5, 5.41) is 23.4. The van der Waals surface area contributed by atoms with Crippen molar-refractivity contribution >= 4 is 43.4 Å². The van der Waals surface area contributed by atoms with Gasteiger partial charge in [-0.15, -0.1) is 0 Å². The van der Waals surface area contributed by atoms with Gasteiger partial charge in [-0.25, -0.2) is 9.36 Å². The number of benzene rings is 1. The van der Waals surface area contributed by atoms with Crippen molar-refractivity contribution in [1.82, 2.24) is 15.5 Å². The van der Waals surface area contributed by atoms with Crippen LogP contribution in [0.1, 0.15) is 37.7 Å². The molecule has 226 valence electrons. The summed E-state index contributed by atoms with van der Waals surface area (Å²) < 4.78 is 15.4. The van der Waals surface area contributed by atoms with Gasteiger partial charge in [0.1, 0.15) is 23.9 Å². The SMILES string of the molecule is NC(=O)CC(N)C(=O)N1CCCC1C(=O)NC(CCC(=O)O)C(=O)NC(Cc1ccc(OP(=O)(O)O)cc1)C(=O)O. The van der Waals surface area contributed by atoms with Crippen LogP contribution in [-0.4, -0.2) is 91.2 Å². The van der Waals surface area contributed by atoms with Crippen LogP contribution in [0.25, 0.3) is 0 Å². The minimum absolute atomic E-state index is 0.147. The highest BCUT2D eigenvalue weighted by molar-refractivity contribution is 7.46. The first-order valence-corrected chi connectivity index (χ1v) is 13.8. The van der Waals surface area contributed by atoms with Crippen LogP contribution in [0.4, 0.5) is 0 Å². The number of nitrogens with zero attached hydrogens (tertiary/aromatic N) is 1. The number of nitrogens with one attached hydrogen (secondary N) is 2. The number of hydrogen-bond donors (Lipinski definition) is 8. The Kier molecular flexibility index (Phi) is 11.8. The Bertz CT molecular complexity index is 1200. The van der Waals surface area contributed by atoms with Crippen LogP contribution in [0.3, 0.4) is 0 Å². The topological polar surface area (TPSA) is 289 Å². The number of phosphoric acid groups is 1. The zero-order valence-electron chi connectivity index (χ0n) is 21.7. The van der Waals surface area contributed by atoms with E-state index in [1.807, 2.05) is 0 Å². The van der Waals surface area contributed by atoms with Crippen molar-refractivity contribution in [3.63, 3.8) is 0 Å². The van der Waals surface area contributed by atoms with E-state index in [1.54, 1.807) is 0 Å². The van der Waals surface area contributed by atoms with Crippen molar-refractivity contribution in [1.29, 1.82) is 0 Å². The van der Waals surface area contributed by atoms with Gasteiger partial charge in [0.05, 0.1) is 12.5 Å². The van der Waals surface area contributed by atoms with Crippen molar-refractivity contribution in [3.8, 4) is 5.75 Å². The van der Waals surface area contributed by atoms with Gasteiger partial charge in [-0.05, 0) is 37.0 Å². The molecule has 4 atom stereocenters. The van der Waals surface area contributed by atoms with E-state index in [1.165, 1.54) is 24.3 Å². The Morgan fingerprint density at radius 2 is 1.68 bits per heavy atom. The number of amides is 4. The summed E-state index contributed by atoms with van der Waals surface area (Å²) in [5.41, 5.74) is 11.1. The summed E-state index contributed by atoms with van der Waals surface area (Å²) in [6.07, 6.45) is -1.04. The Hall–Kier alpha value is -4.05. The minimum Gasteiger partial charge on any atom is -0.481 e. The van der Waals surface area contributed by atoms with Crippen LogP contribution in [-0.2, 0) is 39.8 Å². The molecule has 0 aromatic heterocycles. The third-order valence-electron chi connectivity index (χ3n) is 6.06. The molecule has 0 bridgehead atoms. The van der Waals surface area contributed by atoms with Crippen LogP contribution >= 0.6 is 7.82 Å². The molecule has 1 heterocycles. The smallest absolute Gasteiger partial charge is 0.481 e. The number of nitrogens with two attached hydrogens (primary N) is 2.